The third-order valence-corrected chi connectivity index (χ3v) is 3.86. The molecule has 137 valence electrons. The highest BCUT2D eigenvalue weighted by molar-refractivity contribution is 9.10. The van der Waals surface area contributed by atoms with Gasteiger partial charge in [-0.1, -0.05) is 23.7 Å². The average Bonchev–Trinajstić information content (AvgIpc) is 2.67. The first-order valence-electron chi connectivity index (χ1n) is 7.61. The molecule has 0 saturated carbocycles. The van der Waals surface area contributed by atoms with E-state index in [4.69, 9.17) is 26.8 Å². The first-order chi connectivity index (χ1) is 13.0. The molecular formula is C17H12BrClN5O3. The molecule has 3 rings (SSSR count). The largest absolute Gasteiger partial charge is 0.473 e. The van der Waals surface area contributed by atoms with Crippen LogP contribution in [0.1, 0.15) is 10.6 Å². The predicted molar refractivity (Wildman–Crippen MR) is 101 cm³/mol. The molecule has 2 N–H and O–H groups in total. The van der Waals surface area contributed by atoms with Gasteiger partial charge < -0.3 is 15.2 Å². The second kappa shape index (κ2) is 8.74. The molecule has 0 aliphatic heterocycles. The van der Waals surface area contributed by atoms with Crippen LogP contribution in [0.15, 0.2) is 41.1 Å². The highest BCUT2D eigenvalue weighted by atomic mass is 79.9. The number of hydrogen-bond donors (Lipinski definition) is 1. The predicted octanol–water partition coefficient (Wildman–Crippen LogP) is 2.71. The van der Waals surface area contributed by atoms with Crippen molar-refractivity contribution in [2.45, 2.75) is 0 Å². The first-order valence-corrected chi connectivity index (χ1v) is 8.78. The Morgan fingerprint density at radius 2 is 1.81 bits per heavy atom. The van der Waals surface area contributed by atoms with Crippen molar-refractivity contribution in [2.24, 2.45) is 5.73 Å². The van der Waals surface area contributed by atoms with Crippen LogP contribution in [0, 0.1) is 6.20 Å². The van der Waals surface area contributed by atoms with Crippen LogP contribution >= 0.6 is 27.5 Å². The highest BCUT2D eigenvalue weighted by Crippen LogP contribution is 2.28. The van der Waals surface area contributed by atoms with E-state index in [1.807, 2.05) is 0 Å². The molecule has 0 atom stereocenters. The molecule has 1 amide bonds. The lowest BCUT2D eigenvalue weighted by atomic mass is 10.1. The minimum atomic E-state index is -0.779. The number of hydrogen-bond acceptors (Lipinski definition) is 7. The Kier molecular flexibility index (Phi) is 6.15. The smallest absolute Gasteiger partial charge is 0.316 e. The van der Waals surface area contributed by atoms with Gasteiger partial charge in [0.2, 0.25) is 11.7 Å². The molecule has 0 aliphatic carbocycles. The fourth-order valence-corrected chi connectivity index (χ4v) is 2.33. The van der Waals surface area contributed by atoms with Crippen LogP contribution < -0.4 is 15.2 Å². The molecular weight excluding hydrogens is 438 g/mol. The topological polar surface area (TPSA) is 113 Å². The Morgan fingerprint density at radius 1 is 1.15 bits per heavy atom. The van der Waals surface area contributed by atoms with Gasteiger partial charge in [-0.05, 0) is 33.6 Å². The molecule has 2 aromatic heterocycles. The van der Waals surface area contributed by atoms with Crippen molar-refractivity contribution in [3.8, 4) is 23.0 Å². The number of rotatable bonds is 7. The number of amides is 1. The van der Waals surface area contributed by atoms with E-state index in [0.29, 0.717) is 10.6 Å². The van der Waals surface area contributed by atoms with Gasteiger partial charge in [-0.15, -0.1) is 0 Å². The number of primary amides is 1. The second-order valence-corrected chi connectivity index (χ2v) is 6.44. The lowest BCUT2D eigenvalue weighted by molar-refractivity contribution is 0.0988. The summed E-state index contributed by atoms with van der Waals surface area (Å²) in [5.74, 6) is -0.820. The Hall–Kier alpha value is -2.78. The summed E-state index contributed by atoms with van der Waals surface area (Å²) < 4.78 is 11.8. The fourth-order valence-electron chi connectivity index (χ4n) is 2.00. The maximum Gasteiger partial charge on any atom is 0.316 e. The van der Waals surface area contributed by atoms with Crippen molar-refractivity contribution >= 4 is 33.4 Å². The van der Waals surface area contributed by atoms with Gasteiger partial charge in [-0.3, -0.25) is 4.79 Å². The lowest BCUT2D eigenvalue weighted by Crippen LogP contribution is -2.17. The maximum absolute atomic E-state index is 11.3. The summed E-state index contributed by atoms with van der Waals surface area (Å²) in [4.78, 5) is 27.2. The third kappa shape index (κ3) is 5.11. The minimum Gasteiger partial charge on any atom is -0.473 e. The van der Waals surface area contributed by atoms with Crippen LogP contribution in [0.3, 0.4) is 0 Å². The zero-order valence-electron chi connectivity index (χ0n) is 13.7. The van der Waals surface area contributed by atoms with E-state index in [-0.39, 0.29) is 30.9 Å². The number of benzene rings is 1. The molecule has 0 fully saturated rings. The Bertz CT molecular complexity index is 938. The van der Waals surface area contributed by atoms with Crippen molar-refractivity contribution in [3.05, 3.63) is 58.2 Å². The van der Waals surface area contributed by atoms with E-state index < -0.39 is 5.91 Å². The summed E-state index contributed by atoms with van der Waals surface area (Å²) in [7, 11) is 0. The van der Waals surface area contributed by atoms with E-state index in [0.717, 1.165) is 10.0 Å². The lowest BCUT2D eigenvalue weighted by Gasteiger charge is -2.11. The van der Waals surface area contributed by atoms with Crippen molar-refractivity contribution < 1.29 is 14.3 Å². The summed E-state index contributed by atoms with van der Waals surface area (Å²) >= 11 is 9.15. The van der Waals surface area contributed by atoms with Crippen molar-refractivity contribution in [2.75, 3.05) is 13.2 Å². The number of nitrogens with two attached hydrogens (primary N) is 1. The van der Waals surface area contributed by atoms with Crippen LogP contribution in [0.2, 0.25) is 5.02 Å². The van der Waals surface area contributed by atoms with Gasteiger partial charge in [0.15, 0.2) is 0 Å². The fraction of sp³-hybridized carbons (Fsp3) is 0.118. The molecule has 1 radical (unpaired) electrons. The molecule has 1 aromatic carbocycles. The van der Waals surface area contributed by atoms with Crippen LogP contribution in [-0.4, -0.2) is 39.1 Å². The number of aromatic nitrogens is 4. The van der Waals surface area contributed by atoms with Crippen LogP contribution in [0.5, 0.6) is 11.9 Å². The van der Waals surface area contributed by atoms with Gasteiger partial charge in [0.05, 0.1) is 10.0 Å². The maximum atomic E-state index is 11.3. The van der Waals surface area contributed by atoms with Crippen LogP contribution in [-0.2, 0) is 0 Å². The summed E-state index contributed by atoms with van der Waals surface area (Å²) in [6.07, 6.45) is 5.87. The van der Waals surface area contributed by atoms with Gasteiger partial charge in [-0.25, -0.2) is 15.0 Å². The number of halogens is 2. The van der Waals surface area contributed by atoms with Gasteiger partial charge in [-0.2, -0.15) is 4.98 Å². The Morgan fingerprint density at radius 3 is 2.48 bits per heavy atom. The highest BCUT2D eigenvalue weighted by Gasteiger charge is 2.14. The normalized spacial score (nSPS) is 10.4. The van der Waals surface area contributed by atoms with Crippen molar-refractivity contribution in [1.29, 1.82) is 0 Å². The summed E-state index contributed by atoms with van der Waals surface area (Å²) in [5, 5.41) is 0.582. The van der Waals surface area contributed by atoms with Gasteiger partial charge in [0.25, 0.3) is 5.91 Å². The zero-order valence-corrected chi connectivity index (χ0v) is 16.1. The molecule has 0 aliphatic rings. The molecule has 0 bridgehead atoms. The number of ether oxygens (including phenoxy) is 2. The Labute approximate surface area is 167 Å². The monoisotopic (exact) mass is 448 g/mol. The quantitative estimate of drug-likeness (QED) is 0.552. The average molecular weight is 450 g/mol. The number of nitrogens with zero attached hydrogens (tertiary/aromatic N) is 4. The molecule has 10 heteroatoms. The molecule has 8 nitrogen and oxygen atoms in total. The standard InChI is InChI=1S/C17H12BrClN5O3/c18-11-7-22-17(23-8-11)27-6-5-26-16-13(9-21-15(24-16)14(20)25)10-1-3-12(19)4-2-10/h1-4,7-8H,5-6H2,(H2,20,25). The van der Waals surface area contributed by atoms with E-state index in [2.05, 4.69) is 42.1 Å². The molecule has 0 saturated heterocycles. The SMILES string of the molecule is NC(=O)c1n[c]c(-c2ccc(Cl)cc2)c(OCCOc2ncc(Br)cn2)n1. The van der Waals surface area contributed by atoms with E-state index in [9.17, 15) is 4.79 Å². The number of carbonyl (C=O) groups is 1. The molecule has 3 aromatic rings. The first kappa shape index (κ1) is 19.0. The van der Waals surface area contributed by atoms with E-state index in [1.165, 1.54) is 0 Å². The van der Waals surface area contributed by atoms with Gasteiger partial charge >= 0.3 is 6.01 Å². The summed E-state index contributed by atoms with van der Waals surface area (Å²) in [6.45, 7) is 0.292. The molecule has 0 spiro atoms. The van der Waals surface area contributed by atoms with E-state index >= 15 is 0 Å². The van der Waals surface area contributed by atoms with Gasteiger partial charge in [0, 0.05) is 17.4 Å². The molecule has 27 heavy (non-hydrogen) atoms. The zero-order chi connectivity index (χ0) is 19.2. The third-order valence-electron chi connectivity index (χ3n) is 3.20. The van der Waals surface area contributed by atoms with Crippen LogP contribution in [0.25, 0.3) is 11.1 Å². The van der Waals surface area contributed by atoms with Crippen LogP contribution in [0.4, 0.5) is 0 Å². The molecule has 0 unspecified atom stereocenters. The number of carbonyl (C=O) groups excluding carboxylic acids is 1. The summed E-state index contributed by atoms with van der Waals surface area (Å²) in [6, 6.07) is 7.17. The van der Waals surface area contributed by atoms with E-state index in [1.54, 1.807) is 36.7 Å². The summed E-state index contributed by atoms with van der Waals surface area (Å²) in [5.41, 5.74) is 6.43. The van der Waals surface area contributed by atoms with Crippen molar-refractivity contribution in [3.63, 3.8) is 0 Å². The molecule has 2 heterocycles. The Balaban J connectivity index is 1.73. The van der Waals surface area contributed by atoms with Crippen molar-refractivity contribution in [1.82, 2.24) is 19.9 Å². The second-order valence-electron chi connectivity index (χ2n) is 5.09. The van der Waals surface area contributed by atoms with Gasteiger partial charge in [0.1, 0.15) is 19.4 Å². The minimum absolute atomic E-state index is 0.128.